The highest BCUT2D eigenvalue weighted by Crippen LogP contribution is 2.30. The van der Waals surface area contributed by atoms with E-state index in [4.69, 9.17) is 16.3 Å². The summed E-state index contributed by atoms with van der Waals surface area (Å²) in [5.74, 6) is 1.24. The van der Waals surface area contributed by atoms with Gasteiger partial charge in [-0.3, -0.25) is 4.79 Å². The van der Waals surface area contributed by atoms with Gasteiger partial charge in [0.1, 0.15) is 11.5 Å². The molecular formula is C16H15ClO2. The summed E-state index contributed by atoms with van der Waals surface area (Å²) in [7, 11) is 0. The number of rotatable bonds is 3. The number of hydrogen-bond donors (Lipinski definition) is 0. The number of ketones is 1. The molecule has 0 saturated heterocycles. The van der Waals surface area contributed by atoms with Gasteiger partial charge in [0.2, 0.25) is 0 Å². The van der Waals surface area contributed by atoms with Gasteiger partial charge in [-0.2, -0.15) is 0 Å². The van der Waals surface area contributed by atoms with Gasteiger partial charge in [-0.25, -0.2) is 0 Å². The highest BCUT2D eigenvalue weighted by Gasteiger charge is 2.10. The van der Waals surface area contributed by atoms with Gasteiger partial charge >= 0.3 is 0 Å². The van der Waals surface area contributed by atoms with Crippen LogP contribution in [0.25, 0.3) is 0 Å². The van der Waals surface area contributed by atoms with Crippen molar-refractivity contribution in [2.75, 3.05) is 0 Å². The molecule has 0 aliphatic carbocycles. The lowest BCUT2D eigenvalue weighted by Crippen LogP contribution is -1.97. The number of benzene rings is 2. The van der Waals surface area contributed by atoms with Crippen molar-refractivity contribution in [3.8, 4) is 11.5 Å². The molecule has 2 nitrogen and oxygen atoms in total. The van der Waals surface area contributed by atoms with Gasteiger partial charge in [-0.05, 0) is 56.2 Å². The van der Waals surface area contributed by atoms with Crippen molar-refractivity contribution in [3.05, 3.63) is 58.1 Å². The predicted octanol–water partition coefficient (Wildman–Crippen LogP) is 4.95. The first kappa shape index (κ1) is 13.6. The molecule has 2 aromatic rings. The number of hydrogen-bond acceptors (Lipinski definition) is 2. The van der Waals surface area contributed by atoms with Crippen LogP contribution in [-0.2, 0) is 0 Å². The minimum atomic E-state index is -0.0157. The van der Waals surface area contributed by atoms with Crippen LogP contribution in [0.4, 0.5) is 0 Å². The molecule has 0 atom stereocenters. The lowest BCUT2D eigenvalue weighted by molar-refractivity contribution is 0.101. The van der Waals surface area contributed by atoms with Gasteiger partial charge < -0.3 is 4.74 Å². The average Bonchev–Trinajstić information content (AvgIpc) is 2.36. The van der Waals surface area contributed by atoms with Crippen molar-refractivity contribution >= 4 is 17.4 Å². The lowest BCUT2D eigenvalue weighted by Gasteiger charge is -2.11. The van der Waals surface area contributed by atoms with Gasteiger partial charge in [0, 0.05) is 5.02 Å². The number of Topliss-reactive ketones (excluding diaryl/α,β-unsaturated/α-hetero) is 1. The fourth-order valence-corrected chi connectivity index (χ4v) is 2.05. The number of halogens is 1. The summed E-state index contributed by atoms with van der Waals surface area (Å²) >= 11 is 6.12. The molecule has 0 aliphatic rings. The molecule has 0 bridgehead atoms. The van der Waals surface area contributed by atoms with Crippen molar-refractivity contribution in [2.45, 2.75) is 20.8 Å². The predicted molar refractivity (Wildman–Crippen MR) is 77.4 cm³/mol. The van der Waals surface area contributed by atoms with Gasteiger partial charge in [-0.1, -0.05) is 23.7 Å². The first-order valence-electron chi connectivity index (χ1n) is 6.03. The van der Waals surface area contributed by atoms with E-state index in [9.17, 15) is 4.79 Å². The van der Waals surface area contributed by atoms with Gasteiger partial charge in [0.25, 0.3) is 0 Å². The van der Waals surface area contributed by atoms with E-state index in [-0.39, 0.29) is 5.78 Å². The van der Waals surface area contributed by atoms with Crippen LogP contribution in [0.5, 0.6) is 11.5 Å². The van der Waals surface area contributed by atoms with E-state index in [1.165, 1.54) is 6.92 Å². The molecule has 0 amide bonds. The highest BCUT2D eigenvalue weighted by atomic mass is 35.5. The van der Waals surface area contributed by atoms with Gasteiger partial charge in [0.15, 0.2) is 5.78 Å². The second-order valence-electron chi connectivity index (χ2n) is 4.53. The van der Waals surface area contributed by atoms with Crippen LogP contribution in [-0.4, -0.2) is 5.78 Å². The van der Waals surface area contributed by atoms with E-state index in [2.05, 4.69) is 0 Å². The number of aryl methyl sites for hydroxylation is 2. The number of para-hydroxylation sites is 1. The monoisotopic (exact) mass is 274 g/mol. The van der Waals surface area contributed by atoms with E-state index < -0.39 is 0 Å². The van der Waals surface area contributed by atoms with Gasteiger partial charge in [0.05, 0.1) is 5.56 Å². The first-order valence-corrected chi connectivity index (χ1v) is 6.41. The number of carbonyl (C=O) groups is 1. The topological polar surface area (TPSA) is 26.3 Å². The largest absolute Gasteiger partial charge is 0.457 e. The summed E-state index contributed by atoms with van der Waals surface area (Å²) in [6.07, 6.45) is 0. The first-order chi connectivity index (χ1) is 8.99. The summed E-state index contributed by atoms with van der Waals surface area (Å²) in [5, 5.41) is 0.743. The fourth-order valence-electron chi connectivity index (χ4n) is 1.94. The molecular weight excluding hydrogens is 260 g/mol. The molecule has 0 aromatic heterocycles. The lowest BCUT2D eigenvalue weighted by atomic mass is 10.1. The minimum Gasteiger partial charge on any atom is -0.457 e. The third-order valence-corrected chi connectivity index (χ3v) is 3.50. The molecule has 0 heterocycles. The standard InChI is InChI=1S/C16H15ClO2/c1-10-8-13(9-11(2)16(10)17)19-15-7-5-4-6-14(15)12(3)18/h4-9H,1-3H3. The zero-order valence-corrected chi connectivity index (χ0v) is 11.9. The van der Waals surface area contributed by atoms with Crippen molar-refractivity contribution < 1.29 is 9.53 Å². The van der Waals surface area contributed by atoms with E-state index >= 15 is 0 Å². The Kier molecular flexibility index (Phi) is 3.91. The zero-order chi connectivity index (χ0) is 14.0. The van der Waals surface area contributed by atoms with Crippen LogP contribution in [0.1, 0.15) is 28.4 Å². The smallest absolute Gasteiger partial charge is 0.163 e. The molecule has 0 spiro atoms. The van der Waals surface area contributed by atoms with Crippen molar-refractivity contribution in [2.24, 2.45) is 0 Å². The maximum absolute atomic E-state index is 11.5. The maximum atomic E-state index is 11.5. The Bertz CT molecular complexity index is 609. The van der Waals surface area contributed by atoms with Crippen LogP contribution in [0.15, 0.2) is 36.4 Å². The second-order valence-corrected chi connectivity index (χ2v) is 4.90. The van der Waals surface area contributed by atoms with Gasteiger partial charge in [-0.15, -0.1) is 0 Å². The van der Waals surface area contributed by atoms with Crippen LogP contribution < -0.4 is 4.74 Å². The Morgan fingerprint density at radius 1 is 1.11 bits per heavy atom. The molecule has 2 aromatic carbocycles. The summed E-state index contributed by atoms with van der Waals surface area (Å²) < 4.78 is 5.81. The number of ether oxygens (including phenoxy) is 1. The Hall–Kier alpha value is -1.80. The molecule has 0 unspecified atom stereocenters. The summed E-state index contributed by atoms with van der Waals surface area (Å²) in [4.78, 5) is 11.5. The average molecular weight is 275 g/mol. The zero-order valence-electron chi connectivity index (χ0n) is 11.2. The SMILES string of the molecule is CC(=O)c1ccccc1Oc1cc(C)c(Cl)c(C)c1. The van der Waals surface area contributed by atoms with Crippen LogP contribution in [0.3, 0.4) is 0 Å². The van der Waals surface area contributed by atoms with Crippen molar-refractivity contribution in [1.29, 1.82) is 0 Å². The highest BCUT2D eigenvalue weighted by molar-refractivity contribution is 6.32. The summed E-state index contributed by atoms with van der Waals surface area (Å²) in [6, 6.07) is 10.9. The Balaban J connectivity index is 2.39. The Labute approximate surface area is 118 Å². The van der Waals surface area contributed by atoms with E-state index in [0.29, 0.717) is 17.1 Å². The molecule has 2 rings (SSSR count). The third-order valence-electron chi connectivity index (χ3n) is 2.90. The third kappa shape index (κ3) is 2.96. The van der Waals surface area contributed by atoms with E-state index in [1.54, 1.807) is 12.1 Å². The maximum Gasteiger partial charge on any atom is 0.163 e. The summed E-state index contributed by atoms with van der Waals surface area (Å²) in [6.45, 7) is 5.39. The molecule has 0 fully saturated rings. The number of carbonyl (C=O) groups excluding carboxylic acids is 1. The summed E-state index contributed by atoms with van der Waals surface area (Å²) in [5.41, 5.74) is 2.49. The van der Waals surface area contributed by atoms with Crippen LogP contribution in [0.2, 0.25) is 5.02 Å². The molecule has 0 saturated carbocycles. The minimum absolute atomic E-state index is 0.0157. The van der Waals surface area contributed by atoms with Crippen molar-refractivity contribution in [3.63, 3.8) is 0 Å². The quantitative estimate of drug-likeness (QED) is 0.740. The fraction of sp³-hybridized carbons (Fsp3) is 0.188. The molecule has 0 radical (unpaired) electrons. The van der Waals surface area contributed by atoms with Crippen molar-refractivity contribution in [1.82, 2.24) is 0 Å². The molecule has 19 heavy (non-hydrogen) atoms. The van der Waals surface area contributed by atoms with Crippen LogP contribution >= 0.6 is 11.6 Å². The molecule has 98 valence electrons. The van der Waals surface area contributed by atoms with Crippen LogP contribution in [0, 0.1) is 13.8 Å². The Morgan fingerprint density at radius 2 is 1.68 bits per heavy atom. The molecule has 0 aliphatic heterocycles. The Morgan fingerprint density at radius 3 is 2.26 bits per heavy atom. The molecule has 0 N–H and O–H groups in total. The molecule has 3 heteroatoms. The van der Waals surface area contributed by atoms with E-state index in [0.717, 1.165) is 16.1 Å². The second kappa shape index (κ2) is 5.45. The normalized spacial score (nSPS) is 10.3. The van der Waals surface area contributed by atoms with E-state index in [1.807, 2.05) is 38.1 Å².